The number of ether oxygens (including phenoxy) is 1. The average Bonchev–Trinajstić information content (AvgIpc) is 2.88. The normalized spacial score (nSPS) is 22.3. The molecule has 0 aliphatic carbocycles. The molecule has 1 aromatic carbocycles. The van der Waals surface area contributed by atoms with Crippen LogP contribution in [0, 0.1) is 6.92 Å². The Bertz CT molecular complexity index is 906. The molecule has 156 valence electrons. The lowest BCUT2D eigenvalue weighted by molar-refractivity contribution is -0.145. The van der Waals surface area contributed by atoms with Crippen molar-refractivity contribution in [3.05, 3.63) is 33.7 Å². The van der Waals surface area contributed by atoms with Crippen molar-refractivity contribution in [2.75, 3.05) is 25.1 Å². The minimum absolute atomic E-state index is 0.0795. The molecule has 3 rings (SSSR count). The van der Waals surface area contributed by atoms with Crippen molar-refractivity contribution >= 4 is 40.6 Å². The Morgan fingerprint density at radius 1 is 1.34 bits per heavy atom. The van der Waals surface area contributed by atoms with Crippen LogP contribution in [-0.4, -0.2) is 47.8 Å². The summed E-state index contributed by atoms with van der Waals surface area (Å²) in [4.78, 5) is 40.2. The van der Waals surface area contributed by atoms with Gasteiger partial charge in [0, 0.05) is 18.3 Å². The number of anilines is 1. The maximum absolute atomic E-state index is 12.7. The number of carbonyl (C=O) groups excluding carboxylic acids is 3. The summed E-state index contributed by atoms with van der Waals surface area (Å²) in [7, 11) is 2.12. The van der Waals surface area contributed by atoms with Gasteiger partial charge in [-0.05, 0) is 86.7 Å². The number of esters is 1. The van der Waals surface area contributed by atoms with Crippen LogP contribution < -0.4 is 4.90 Å². The largest absolute Gasteiger partial charge is 0.465 e. The first-order valence-corrected chi connectivity index (χ1v) is 10.7. The standard InChI is InChI=1S/C22H28N2O4S/c1-7-28-19(25)12-24-20(26)18(29-21(24)27)10-15-9-16-14(3)11-22(4,5)23(6)17(16)8-13(15)2/h8-10,14H,7,11-12H2,1-6H3/b18-10+/t14-/m1/s1. The SMILES string of the molecule is CCOC(=O)CN1C(=O)S/C(=C/c2cc3c(cc2C)N(C)C(C)(C)C[C@H]3C)C1=O. The van der Waals surface area contributed by atoms with Crippen LogP contribution in [0.2, 0.25) is 0 Å². The minimum Gasteiger partial charge on any atom is -0.465 e. The molecule has 0 spiro atoms. The van der Waals surface area contributed by atoms with Crippen LogP contribution in [0.5, 0.6) is 0 Å². The molecule has 2 amide bonds. The first-order valence-electron chi connectivity index (χ1n) is 9.84. The molecule has 2 heterocycles. The number of carbonyl (C=O) groups is 3. The number of benzene rings is 1. The highest BCUT2D eigenvalue weighted by molar-refractivity contribution is 8.18. The van der Waals surface area contributed by atoms with Gasteiger partial charge in [0.1, 0.15) is 6.54 Å². The van der Waals surface area contributed by atoms with Gasteiger partial charge in [0.15, 0.2) is 0 Å². The fourth-order valence-electron chi connectivity index (χ4n) is 4.00. The lowest BCUT2D eigenvalue weighted by atomic mass is 9.79. The summed E-state index contributed by atoms with van der Waals surface area (Å²) >= 11 is 0.864. The van der Waals surface area contributed by atoms with E-state index in [1.165, 1.54) is 11.3 Å². The molecule has 29 heavy (non-hydrogen) atoms. The van der Waals surface area contributed by atoms with Gasteiger partial charge in [-0.1, -0.05) is 6.92 Å². The van der Waals surface area contributed by atoms with Gasteiger partial charge in [0.25, 0.3) is 11.1 Å². The van der Waals surface area contributed by atoms with Crippen LogP contribution in [0.15, 0.2) is 17.0 Å². The van der Waals surface area contributed by atoms with E-state index in [0.717, 1.165) is 34.2 Å². The quantitative estimate of drug-likeness (QED) is 0.538. The molecular formula is C22H28N2O4S. The molecule has 1 fully saturated rings. The summed E-state index contributed by atoms with van der Waals surface area (Å²) in [6, 6.07) is 4.28. The van der Waals surface area contributed by atoms with Crippen LogP contribution in [0.4, 0.5) is 10.5 Å². The van der Waals surface area contributed by atoms with Gasteiger partial charge in [-0.3, -0.25) is 19.3 Å². The Kier molecular flexibility index (Phi) is 5.81. The Morgan fingerprint density at radius 3 is 2.69 bits per heavy atom. The van der Waals surface area contributed by atoms with Crippen LogP contribution in [0.25, 0.3) is 6.08 Å². The Labute approximate surface area is 176 Å². The number of thioether (sulfide) groups is 1. The van der Waals surface area contributed by atoms with Gasteiger partial charge < -0.3 is 9.64 Å². The maximum Gasteiger partial charge on any atom is 0.326 e. The van der Waals surface area contributed by atoms with E-state index in [1.807, 2.05) is 6.92 Å². The molecule has 0 saturated carbocycles. The predicted molar refractivity (Wildman–Crippen MR) is 116 cm³/mol. The zero-order valence-corrected chi connectivity index (χ0v) is 18.7. The lowest BCUT2D eigenvalue weighted by Crippen LogP contribution is -2.45. The van der Waals surface area contributed by atoms with Crippen molar-refractivity contribution in [2.24, 2.45) is 0 Å². The van der Waals surface area contributed by atoms with Crippen molar-refractivity contribution in [1.82, 2.24) is 4.90 Å². The lowest BCUT2D eigenvalue weighted by Gasteiger charge is -2.45. The third-order valence-corrected chi connectivity index (χ3v) is 6.68. The van der Waals surface area contributed by atoms with Crippen LogP contribution in [0.3, 0.4) is 0 Å². The summed E-state index contributed by atoms with van der Waals surface area (Å²) in [5.41, 5.74) is 4.49. The number of imide groups is 1. The Morgan fingerprint density at radius 2 is 2.03 bits per heavy atom. The van der Waals surface area contributed by atoms with Crippen LogP contribution in [-0.2, 0) is 14.3 Å². The molecule has 1 saturated heterocycles. The van der Waals surface area contributed by atoms with E-state index in [9.17, 15) is 14.4 Å². The summed E-state index contributed by atoms with van der Waals surface area (Å²) in [5.74, 6) is -0.639. The number of hydrogen-bond donors (Lipinski definition) is 0. The van der Waals surface area contributed by atoms with Crippen LogP contribution >= 0.6 is 11.8 Å². The number of rotatable bonds is 4. The topological polar surface area (TPSA) is 66.9 Å². The van der Waals surface area contributed by atoms with Gasteiger partial charge in [0.2, 0.25) is 0 Å². The van der Waals surface area contributed by atoms with Gasteiger partial charge >= 0.3 is 5.97 Å². The van der Waals surface area contributed by atoms with E-state index < -0.39 is 17.1 Å². The Hall–Kier alpha value is -2.28. The van der Waals surface area contributed by atoms with Crippen molar-refractivity contribution in [3.63, 3.8) is 0 Å². The van der Waals surface area contributed by atoms with Gasteiger partial charge in [-0.15, -0.1) is 0 Å². The van der Waals surface area contributed by atoms with E-state index >= 15 is 0 Å². The monoisotopic (exact) mass is 416 g/mol. The van der Waals surface area contributed by atoms with Crippen molar-refractivity contribution in [2.45, 2.75) is 52.5 Å². The van der Waals surface area contributed by atoms with E-state index in [2.05, 4.69) is 44.9 Å². The minimum atomic E-state index is -0.583. The molecule has 1 atom stereocenters. The third kappa shape index (κ3) is 4.06. The number of hydrogen-bond acceptors (Lipinski definition) is 6. The van der Waals surface area contributed by atoms with E-state index in [0.29, 0.717) is 10.8 Å². The van der Waals surface area contributed by atoms with Crippen LogP contribution in [0.1, 0.15) is 56.7 Å². The summed E-state index contributed by atoms with van der Waals surface area (Å²) < 4.78 is 4.86. The molecule has 0 unspecified atom stereocenters. The molecule has 0 N–H and O–H groups in total. The highest BCUT2D eigenvalue weighted by atomic mass is 32.2. The van der Waals surface area contributed by atoms with E-state index in [1.54, 1.807) is 13.0 Å². The summed E-state index contributed by atoms with van der Waals surface area (Å²) in [5, 5.41) is -0.445. The van der Waals surface area contributed by atoms with Gasteiger partial charge in [-0.2, -0.15) is 0 Å². The molecular weight excluding hydrogens is 388 g/mol. The van der Waals surface area contributed by atoms with Crippen molar-refractivity contribution in [3.8, 4) is 0 Å². The predicted octanol–water partition coefficient (Wildman–Crippen LogP) is 4.32. The second kappa shape index (κ2) is 7.86. The number of fused-ring (bicyclic) bond motifs is 1. The number of aryl methyl sites for hydroxylation is 1. The molecule has 7 heteroatoms. The van der Waals surface area contributed by atoms with Crippen molar-refractivity contribution in [1.29, 1.82) is 0 Å². The first kappa shape index (κ1) is 21.4. The smallest absolute Gasteiger partial charge is 0.326 e. The number of nitrogens with zero attached hydrogens (tertiary/aromatic N) is 2. The van der Waals surface area contributed by atoms with E-state index in [4.69, 9.17) is 4.74 Å². The molecule has 2 aliphatic heterocycles. The molecule has 1 aromatic rings. The second-order valence-corrected chi connectivity index (χ2v) is 9.31. The highest BCUT2D eigenvalue weighted by Gasteiger charge is 2.37. The molecule has 0 aromatic heterocycles. The summed E-state index contributed by atoms with van der Waals surface area (Å²) in [6.45, 7) is 10.3. The van der Waals surface area contributed by atoms with Gasteiger partial charge in [0.05, 0.1) is 11.5 Å². The third-order valence-electron chi connectivity index (χ3n) is 5.77. The van der Waals surface area contributed by atoms with Gasteiger partial charge in [-0.25, -0.2) is 0 Å². The fourth-order valence-corrected chi connectivity index (χ4v) is 4.83. The Balaban J connectivity index is 1.92. The average molecular weight is 417 g/mol. The maximum atomic E-state index is 12.7. The van der Waals surface area contributed by atoms with E-state index in [-0.39, 0.29) is 18.7 Å². The number of amides is 2. The second-order valence-electron chi connectivity index (χ2n) is 8.32. The highest BCUT2D eigenvalue weighted by Crippen LogP contribution is 2.44. The summed E-state index contributed by atoms with van der Waals surface area (Å²) in [6.07, 6.45) is 2.80. The zero-order valence-electron chi connectivity index (χ0n) is 17.9. The molecule has 6 nitrogen and oxygen atoms in total. The van der Waals surface area contributed by atoms with Crippen molar-refractivity contribution < 1.29 is 19.1 Å². The molecule has 0 radical (unpaired) electrons. The first-order chi connectivity index (χ1) is 13.5. The molecule has 2 aliphatic rings. The molecule has 0 bridgehead atoms. The fraction of sp³-hybridized carbons (Fsp3) is 0.500. The zero-order chi connectivity index (χ0) is 21.5.